The molecule has 1 fully saturated rings. The molecule has 2 rings (SSSR count). The normalized spacial score (nSPS) is 17.1. The van der Waals surface area contributed by atoms with E-state index in [2.05, 4.69) is 5.32 Å². The Balaban J connectivity index is 2.25. The first-order valence-electron chi connectivity index (χ1n) is 5.65. The van der Waals surface area contributed by atoms with Crippen LogP contribution in [0, 0.1) is 11.7 Å². The molecule has 1 saturated carbocycles. The number of rotatable bonds is 4. The Kier molecular flexibility index (Phi) is 3.38. The minimum Gasteiger partial charge on any atom is -0.480 e. The lowest BCUT2D eigenvalue weighted by Crippen LogP contribution is -2.31. The number of carboxylic acid groups (broad SMARTS) is 1. The second-order valence-corrected chi connectivity index (χ2v) is 4.49. The van der Waals surface area contributed by atoms with Crippen molar-refractivity contribution in [1.29, 1.82) is 0 Å². The van der Waals surface area contributed by atoms with Crippen LogP contribution in [0.5, 0.6) is 0 Å². The van der Waals surface area contributed by atoms with Gasteiger partial charge in [0, 0.05) is 0 Å². The lowest BCUT2D eigenvalue weighted by atomic mass is 10.1. The molecular weight excluding hydrogens is 266 g/mol. The van der Waals surface area contributed by atoms with Crippen molar-refractivity contribution in [1.82, 2.24) is 0 Å². The summed E-state index contributed by atoms with van der Waals surface area (Å²) in [6.45, 7) is 0. The van der Waals surface area contributed by atoms with E-state index >= 15 is 0 Å². The molecule has 0 amide bonds. The summed E-state index contributed by atoms with van der Waals surface area (Å²) in [7, 11) is 0. The average molecular weight is 277 g/mol. The molecule has 1 aromatic rings. The van der Waals surface area contributed by atoms with E-state index in [1.54, 1.807) is 0 Å². The van der Waals surface area contributed by atoms with Gasteiger partial charge < -0.3 is 10.4 Å². The molecule has 0 aliphatic heterocycles. The zero-order chi connectivity index (χ0) is 14.2. The second kappa shape index (κ2) is 4.71. The fourth-order valence-electron chi connectivity index (χ4n) is 1.79. The molecule has 0 heterocycles. The maximum absolute atomic E-state index is 13.4. The van der Waals surface area contributed by atoms with E-state index in [1.807, 2.05) is 0 Å². The quantitative estimate of drug-likeness (QED) is 0.831. The Morgan fingerprint density at radius 3 is 2.47 bits per heavy atom. The number of alkyl halides is 3. The predicted molar refractivity (Wildman–Crippen MR) is 59.2 cm³/mol. The van der Waals surface area contributed by atoms with E-state index in [0.717, 1.165) is 0 Å². The Labute approximate surface area is 106 Å². The first-order chi connectivity index (χ1) is 8.79. The van der Waals surface area contributed by atoms with Crippen molar-refractivity contribution in [3.63, 3.8) is 0 Å². The molecule has 1 aliphatic rings. The summed E-state index contributed by atoms with van der Waals surface area (Å²) in [5.41, 5.74) is -1.45. The van der Waals surface area contributed by atoms with Gasteiger partial charge in [0.15, 0.2) is 0 Å². The Morgan fingerprint density at radius 2 is 2.00 bits per heavy atom. The number of carboxylic acids is 1. The molecule has 0 spiro atoms. The summed E-state index contributed by atoms with van der Waals surface area (Å²) in [4.78, 5) is 11.0. The van der Waals surface area contributed by atoms with E-state index in [0.29, 0.717) is 31.0 Å². The number of halogens is 4. The number of aliphatic carboxylic acids is 1. The molecule has 0 radical (unpaired) electrons. The number of hydrogen-bond donors (Lipinski definition) is 2. The highest BCUT2D eigenvalue weighted by atomic mass is 19.4. The number of carbonyl (C=O) groups is 1. The van der Waals surface area contributed by atoms with E-state index in [9.17, 15) is 22.4 Å². The fraction of sp³-hybridized carbons (Fsp3) is 0.417. The lowest BCUT2D eigenvalue weighted by Gasteiger charge is -2.17. The van der Waals surface area contributed by atoms with Crippen LogP contribution < -0.4 is 5.32 Å². The molecule has 1 aromatic carbocycles. The van der Waals surface area contributed by atoms with Gasteiger partial charge in [-0.25, -0.2) is 9.18 Å². The third-order valence-electron chi connectivity index (χ3n) is 2.96. The second-order valence-electron chi connectivity index (χ2n) is 4.49. The monoisotopic (exact) mass is 277 g/mol. The Bertz CT molecular complexity index is 497. The summed E-state index contributed by atoms with van der Waals surface area (Å²) in [6.07, 6.45) is -3.25. The molecule has 1 unspecified atom stereocenters. The van der Waals surface area contributed by atoms with Gasteiger partial charge in [-0.2, -0.15) is 13.2 Å². The van der Waals surface area contributed by atoms with Crippen LogP contribution in [0.15, 0.2) is 18.2 Å². The average Bonchev–Trinajstić information content (AvgIpc) is 3.09. The molecule has 3 nitrogen and oxygen atoms in total. The van der Waals surface area contributed by atoms with Crippen molar-refractivity contribution >= 4 is 11.7 Å². The van der Waals surface area contributed by atoms with Crippen molar-refractivity contribution in [2.45, 2.75) is 25.1 Å². The minimum absolute atomic E-state index is 0.161. The van der Waals surface area contributed by atoms with E-state index < -0.39 is 35.3 Å². The molecule has 19 heavy (non-hydrogen) atoms. The molecule has 0 saturated heterocycles. The van der Waals surface area contributed by atoms with Crippen LogP contribution in [0.3, 0.4) is 0 Å². The summed E-state index contributed by atoms with van der Waals surface area (Å²) in [6, 6.07) is 0.830. The zero-order valence-electron chi connectivity index (χ0n) is 9.67. The third-order valence-corrected chi connectivity index (χ3v) is 2.96. The van der Waals surface area contributed by atoms with Crippen LogP contribution in [0.4, 0.5) is 23.2 Å². The highest BCUT2D eigenvalue weighted by molar-refractivity contribution is 5.78. The molecule has 104 valence electrons. The van der Waals surface area contributed by atoms with Gasteiger partial charge >= 0.3 is 12.1 Å². The number of anilines is 1. The van der Waals surface area contributed by atoms with Gasteiger partial charge in [-0.15, -0.1) is 0 Å². The van der Waals surface area contributed by atoms with Crippen LogP contribution in [-0.4, -0.2) is 17.1 Å². The van der Waals surface area contributed by atoms with Gasteiger partial charge in [0.05, 0.1) is 11.3 Å². The van der Waals surface area contributed by atoms with E-state index in [1.165, 1.54) is 0 Å². The molecular formula is C12H11F4NO2. The third kappa shape index (κ3) is 3.15. The molecule has 1 atom stereocenters. The number of hydrogen-bond acceptors (Lipinski definition) is 2. The summed E-state index contributed by atoms with van der Waals surface area (Å²) < 4.78 is 50.9. The largest absolute Gasteiger partial charge is 0.480 e. The van der Waals surface area contributed by atoms with E-state index in [4.69, 9.17) is 5.11 Å². The summed E-state index contributed by atoms with van der Waals surface area (Å²) in [5, 5.41) is 11.3. The van der Waals surface area contributed by atoms with Crippen LogP contribution in [0.25, 0.3) is 0 Å². The molecule has 2 N–H and O–H groups in total. The van der Waals surface area contributed by atoms with E-state index in [-0.39, 0.29) is 5.92 Å². The summed E-state index contributed by atoms with van der Waals surface area (Å²) in [5.74, 6) is -2.26. The van der Waals surface area contributed by atoms with Crippen LogP contribution in [0.2, 0.25) is 0 Å². The Hall–Kier alpha value is -1.79. The minimum atomic E-state index is -4.59. The van der Waals surface area contributed by atoms with Gasteiger partial charge in [0.1, 0.15) is 11.9 Å². The molecule has 0 aromatic heterocycles. The highest BCUT2D eigenvalue weighted by Gasteiger charge is 2.37. The predicted octanol–water partition coefficient (Wildman–Crippen LogP) is 3.12. The van der Waals surface area contributed by atoms with Gasteiger partial charge in [-0.1, -0.05) is 0 Å². The van der Waals surface area contributed by atoms with Gasteiger partial charge in [-0.05, 0) is 37.0 Å². The van der Waals surface area contributed by atoms with Crippen LogP contribution >= 0.6 is 0 Å². The van der Waals surface area contributed by atoms with Crippen LogP contribution in [-0.2, 0) is 11.0 Å². The van der Waals surface area contributed by atoms with Crippen molar-refractivity contribution in [2.24, 2.45) is 5.92 Å². The number of nitrogens with one attached hydrogen (secondary N) is 1. The fourth-order valence-corrected chi connectivity index (χ4v) is 1.79. The maximum Gasteiger partial charge on any atom is 0.416 e. The van der Waals surface area contributed by atoms with Gasteiger partial charge in [0.2, 0.25) is 0 Å². The number of benzene rings is 1. The zero-order valence-corrected chi connectivity index (χ0v) is 9.67. The summed E-state index contributed by atoms with van der Waals surface area (Å²) >= 11 is 0. The lowest BCUT2D eigenvalue weighted by molar-refractivity contribution is -0.138. The SMILES string of the molecule is O=C(O)C(Nc1cc(C(F)(F)F)ccc1F)C1CC1. The topological polar surface area (TPSA) is 49.3 Å². The van der Waals surface area contributed by atoms with Gasteiger partial charge in [-0.3, -0.25) is 0 Å². The molecule has 0 bridgehead atoms. The van der Waals surface area contributed by atoms with Crippen molar-refractivity contribution in [2.75, 3.05) is 5.32 Å². The first kappa shape index (κ1) is 13.6. The molecule has 7 heteroatoms. The Morgan fingerprint density at radius 1 is 1.37 bits per heavy atom. The van der Waals surface area contributed by atoms with Crippen molar-refractivity contribution in [3.8, 4) is 0 Å². The first-order valence-corrected chi connectivity index (χ1v) is 5.65. The van der Waals surface area contributed by atoms with Crippen LogP contribution in [0.1, 0.15) is 18.4 Å². The smallest absolute Gasteiger partial charge is 0.416 e. The maximum atomic E-state index is 13.4. The molecule has 1 aliphatic carbocycles. The highest BCUT2D eigenvalue weighted by Crippen LogP contribution is 2.36. The standard InChI is InChI=1S/C12H11F4NO2/c13-8-4-3-7(12(14,15)16)5-9(8)17-10(11(18)19)6-1-2-6/h3-6,10,17H,1-2H2,(H,18,19). The van der Waals surface area contributed by atoms with Crippen molar-refractivity contribution < 1.29 is 27.5 Å². The van der Waals surface area contributed by atoms with Crippen molar-refractivity contribution in [3.05, 3.63) is 29.6 Å². The van der Waals surface area contributed by atoms with Gasteiger partial charge in [0.25, 0.3) is 0 Å².